The Morgan fingerprint density at radius 1 is 0.459 bits per heavy atom. The van der Waals surface area contributed by atoms with Crippen LogP contribution in [-0.2, 0) is 5.88 Å². The van der Waals surface area contributed by atoms with E-state index in [-0.39, 0.29) is 0 Å². The number of benzene rings is 7. The van der Waals surface area contributed by atoms with E-state index in [1.54, 1.807) is 0 Å². The molecule has 0 atom stereocenters. The van der Waals surface area contributed by atoms with E-state index in [9.17, 15) is 0 Å². The average Bonchev–Trinajstić information content (AvgIpc) is 2.97. The number of hydrogen-bond donors (Lipinski definition) is 1. The molecule has 37 heavy (non-hydrogen) atoms. The van der Waals surface area contributed by atoms with Gasteiger partial charge in [0, 0.05) is 22.7 Å². The summed E-state index contributed by atoms with van der Waals surface area (Å²) in [5, 5.41) is 9.81. The Morgan fingerprint density at radius 2 is 0.946 bits per heavy atom. The summed E-state index contributed by atoms with van der Waals surface area (Å²) < 4.78 is 0. The minimum atomic E-state index is 0.383. The highest BCUT2D eigenvalue weighted by Gasteiger charge is 2.21. The van der Waals surface area contributed by atoms with Crippen molar-refractivity contribution < 1.29 is 0 Å². The molecule has 7 rings (SSSR count). The Balaban J connectivity index is 1.72. The summed E-state index contributed by atoms with van der Waals surface area (Å²) in [5.74, 6) is 0.383. The zero-order valence-electron chi connectivity index (χ0n) is 20.2. The minimum absolute atomic E-state index is 0.383. The number of nitrogen functional groups attached to an aromatic ring is 1. The highest BCUT2D eigenvalue weighted by Crippen LogP contribution is 2.48. The van der Waals surface area contributed by atoms with Crippen LogP contribution in [-0.4, -0.2) is 0 Å². The molecule has 0 aliphatic heterocycles. The highest BCUT2D eigenvalue weighted by molar-refractivity contribution is 6.35. The van der Waals surface area contributed by atoms with Crippen LogP contribution in [0.3, 0.4) is 0 Å². The monoisotopic (exact) mass is 493 g/mol. The summed E-state index contributed by atoms with van der Waals surface area (Å²) in [7, 11) is 0. The first-order valence-corrected chi connectivity index (χ1v) is 13.1. The van der Waals surface area contributed by atoms with Gasteiger partial charge in [-0.25, -0.2) is 0 Å². The predicted octanol–water partition coefficient (Wildman–Crippen LogP) is 9.95. The topological polar surface area (TPSA) is 26.0 Å². The number of fused-ring (bicyclic) bond motifs is 8. The van der Waals surface area contributed by atoms with Gasteiger partial charge in [-0.2, -0.15) is 0 Å². The zero-order chi connectivity index (χ0) is 24.9. The summed E-state index contributed by atoms with van der Waals surface area (Å²) in [5.41, 5.74) is 13.1. The molecule has 0 amide bonds. The van der Waals surface area contributed by atoms with E-state index < -0.39 is 0 Å². The first kappa shape index (κ1) is 21.9. The number of hydrogen-bond acceptors (Lipinski definition) is 1. The maximum Gasteiger partial charge on any atom is 0.0486 e. The van der Waals surface area contributed by atoms with Gasteiger partial charge in [-0.15, -0.1) is 11.6 Å². The third-order valence-electron chi connectivity index (χ3n) is 7.60. The molecular formula is C35H24ClN. The molecule has 0 heterocycles. The van der Waals surface area contributed by atoms with Gasteiger partial charge >= 0.3 is 0 Å². The second-order valence-electron chi connectivity index (χ2n) is 9.51. The van der Waals surface area contributed by atoms with E-state index in [0.29, 0.717) is 5.88 Å². The molecule has 0 spiro atoms. The molecule has 2 heteroatoms. The van der Waals surface area contributed by atoms with Crippen molar-refractivity contribution in [1.29, 1.82) is 0 Å². The second kappa shape index (κ2) is 8.65. The molecule has 176 valence electrons. The molecule has 0 radical (unpaired) electrons. The maximum atomic E-state index is 6.97. The van der Waals surface area contributed by atoms with Gasteiger partial charge < -0.3 is 5.73 Å². The Bertz CT molecular complexity index is 1970. The van der Waals surface area contributed by atoms with Gasteiger partial charge in [0.2, 0.25) is 0 Å². The smallest absolute Gasteiger partial charge is 0.0486 e. The Kier molecular flexibility index (Phi) is 5.13. The van der Waals surface area contributed by atoms with Crippen LogP contribution in [0.25, 0.3) is 65.3 Å². The predicted molar refractivity (Wildman–Crippen MR) is 161 cm³/mol. The highest BCUT2D eigenvalue weighted by atomic mass is 35.5. The van der Waals surface area contributed by atoms with E-state index in [4.69, 9.17) is 17.3 Å². The Hall–Kier alpha value is -4.33. The fraction of sp³-hybridized carbons (Fsp3) is 0.0286. The van der Waals surface area contributed by atoms with Crippen LogP contribution >= 0.6 is 11.6 Å². The van der Waals surface area contributed by atoms with E-state index in [2.05, 4.69) is 103 Å². The summed E-state index contributed by atoms with van der Waals surface area (Å²) in [6, 6.07) is 42.7. The summed E-state index contributed by atoms with van der Waals surface area (Å²) in [6.45, 7) is 0. The molecule has 0 saturated heterocycles. The fourth-order valence-corrected chi connectivity index (χ4v) is 6.30. The molecule has 0 aliphatic carbocycles. The van der Waals surface area contributed by atoms with Gasteiger partial charge in [-0.1, -0.05) is 121 Å². The number of rotatable bonds is 3. The first-order chi connectivity index (χ1) is 18.3. The van der Waals surface area contributed by atoms with E-state index in [0.717, 1.165) is 33.5 Å². The fourth-order valence-electron chi connectivity index (χ4n) is 6.04. The standard InChI is InChI=1S/C35H24ClN/c36-21-31-32(30-20-10-19-23(35(30)37)22-11-2-1-3-12-22)28-17-8-9-18-29(28)33-26-15-6-4-13-24(26)25-14-5-7-16-27(25)34(31)33/h1-20H,21,37H2. The van der Waals surface area contributed by atoms with Crippen LogP contribution < -0.4 is 5.73 Å². The molecule has 0 bridgehead atoms. The lowest BCUT2D eigenvalue weighted by atomic mass is 9.83. The molecular weight excluding hydrogens is 470 g/mol. The molecule has 0 aromatic heterocycles. The molecule has 7 aromatic carbocycles. The van der Waals surface area contributed by atoms with E-state index in [1.807, 2.05) is 18.2 Å². The van der Waals surface area contributed by atoms with E-state index >= 15 is 0 Å². The SMILES string of the molecule is Nc1c(-c2ccccc2)cccc1-c1c(CCl)c2c3ccccc3c3ccccc3c2c2ccccc12. The quantitative estimate of drug-likeness (QED) is 0.148. The summed E-state index contributed by atoms with van der Waals surface area (Å²) in [4.78, 5) is 0. The molecule has 1 nitrogen and oxygen atoms in total. The molecule has 0 aliphatic rings. The number of alkyl halides is 1. The van der Waals surface area contributed by atoms with Gasteiger partial charge in [-0.3, -0.25) is 0 Å². The molecule has 0 unspecified atom stereocenters. The minimum Gasteiger partial charge on any atom is -0.398 e. The largest absolute Gasteiger partial charge is 0.398 e. The normalized spacial score (nSPS) is 11.6. The first-order valence-electron chi connectivity index (χ1n) is 12.5. The summed E-state index contributed by atoms with van der Waals surface area (Å²) in [6.07, 6.45) is 0. The molecule has 7 aromatic rings. The van der Waals surface area contributed by atoms with Crippen molar-refractivity contribution in [1.82, 2.24) is 0 Å². The third kappa shape index (κ3) is 3.25. The maximum absolute atomic E-state index is 6.97. The van der Waals surface area contributed by atoms with Crippen LogP contribution in [0.4, 0.5) is 5.69 Å². The second-order valence-corrected chi connectivity index (χ2v) is 9.77. The zero-order valence-corrected chi connectivity index (χ0v) is 21.0. The van der Waals surface area contributed by atoms with Gasteiger partial charge in [0.1, 0.15) is 0 Å². The van der Waals surface area contributed by atoms with Crippen molar-refractivity contribution in [2.45, 2.75) is 5.88 Å². The Morgan fingerprint density at radius 3 is 1.57 bits per heavy atom. The van der Waals surface area contributed by atoms with Gasteiger partial charge in [0.15, 0.2) is 0 Å². The van der Waals surface area contributed by atoms with Crippen LogP contribution in [0.1, 0.15) is 5.56 Å². The van der Waals surface area contributed by atoms with Crippen molar-refractivity contribution in [2.75, 3.05) is 5.73 Å². The van der Waals surface area contributed by atoms with E-state index in [1.165, 1.54) is 43.1 Å². The molecule has 0 fully saturated rings. The van der Waals surface area contributed by atoms with Crippen molar-refractivity contribution in [3.63, 3.8) is 0 Å². The lowest BCUT2D eigenvalue weighted by Crippen LogP contribution is -1.99. The van der Waals surface area contributed by atoms with Gasteiger partial charge in [0.25, 0.3) is 0 Å². The van der Waals surface area contributed by atoms with Gasteiger partial charge in [-0.05, 0) is 59.8 Å². The van der Waals surface area contributed by atoms with Crippen LogP contribution in [0.5, 0.6) is 0 Å². The third-order valence-corrected chi connectivity index (χ3v) is 7.86. The number of halogens is 1. The van der Waals surface area contributed by atoms with Crippen LogP contribution in [0, 0.1) is 0 Å². The summed E-state index contributed by atoms with van der Waals surface area (Å²) >= 11 is 6.88. The molecule has 0 saturated carbocycles. The van der Waals surface area contributed by atoms with Crippen LogP contribution in [0.15, 0.2) is 121 Å². The Labute approximate surface area is 220 Å². The van der Waals surface area contributed by atoms with Crippen molar-refractivity contribution in [3.8, 4) is 22.3 Å². The van der Waals surface area contributed by atoms with Crippen molar-refractivity contribution in [3.05, 3.63) is 127 Å². The lowest BCUT2D eigenvalue weighted by molar-refractivity contribution is 1.46. The van der Waals surface area contributed by atoms with Crippen LogP contribution in [0.2, 0.25) is 0 Å². The number of para-hydroxylation sites is 1. The molecule has 2 N–H and O–H groups in total. The van der Waals surface area contributed by atoms with Crippen molar-refractivity contribution >= 4 is 60.4 Å². The lowest BCUT2D eigenvalue weighted by Gasteiger charge is -2.22. The van der Waals surface area contributed by atoms with Crippen molar-refractivity contribution in [2.24, 2.45) is 0 Å². The van der Waals surface area contributed by atoms with Gasteiger partial charge in [0.05, 0.1) is 0 Å². The number of nitrogens with two attached hydrogens (primary N) is 1. The average molecular weight is 494 g/mol. The number of anilines is 1.